The fourth-order valence-electron chi connectivity index (χ4n) is 1.57. The highest BCUT2D eigenvalue weighted by atomic mass is 79.9. The van der Waals surface area contributed by atoms with Gasteiger partial charge in [0.05, 0.1) is 11.3 Å². The van der Waals surface area contributed by atoms with Crippen LogP contribution in [-0.2, 0) is 15.6 Å². The van der Waals surface area contributed by atoms with E-state index in [0.717, 1.165) is 22.7 Å². The Bertz CT molecular complexity index is 768. The van der Waals surface area contributed by atoms with Crippen molar-refractivity contribution in [3.63, 3.8) is 0 Å². The second-order valence-corrected chi connectivity index (χ2v) is 7.81. The highest BCUT2D eigenvalue weighted by molar-refractivity contribution is 9.10. The highest BCUT2D eigenvalue weighted by Gasteiger charge is 2.22. The van der Waals surface area contributed by atoms with Gasteiger partial charge in [-0.25, -0.2) is 17.6 Å². The first kappa shape index (κ1) is 15.1. The van der Waals surface area contributed by atoms with Crippen LogP contribution in [0.1, 0.15) is 15.2 Å². The van der Waals surface area contributed by atoms with Gasteiger partial charge in [0, 0.05) is 14.7 Å². The van der Waals surface area contributed by atoms with Crippen molar-refractivity contribution < 1.29 is 22.7 Å². The number of aromatic carboxylic acids is 1. The Morgan fingerprint density at radius 3 is 2.60 bits per heavy atom. The van der Waals surface area contributed by atoms with E-state index < -0.39 is 26.5 Å². The molecule has 4 nitrogen and oxygen atoms in total. The average molecular weight is 379 g/mol. The molecular weight excluding hydrogens is 371 g/mol. The molecule has 0 bridgehead atoms. The summed E-state index contributed by atoms with van der Waals surface area (Å²) in [5.41, 5.74) is -0.266. The van der Waals surface area contributed by atoms with Crippen LogP contribution < -0.4 is 0 Å². The zero-order chi connectivity index (χ0) is 14.9. The number of rotatable bonds is 4. The van der Waals surface area contributed by atoms with Crippen molar-refractivity contribution in [3.05, 3.63) is 50.4 Å². The van der Waals surface area contributed by atoms with Crippen LogP contribution in [-0.4, -0.2) is 19.5 Å². The number of thiophene rings is 1. The molecule has 0 saturated carbocycles. The van der Waals surface area contributed by atoms with Gasteiger partial charge in [0.1, 0.15) is 10.7 Å². The molecule has 0 spiro atoms. The lowest BCUT2D eigenvalue weighted by atomic mass is 10.2. The molecule has 1 N–H and O–H groups in total. The molecule has 106 valence electrons. The molecule has 0 aliphatic rings. The molecule has 20 heavy (non-hydrogen) atoms. The first-order valence-corrected chi connectivity index (χ1v) is 8.60. The molecular formula is C12H8BrFO4S2. The van der Waals surface area contributed by atoms with E-state index in [4.69, 9.17) is 5.11 Å². The Labute approximate surface area is 126 Å². The second-order valence-electron chi connectivity index (χ2n) is 3.94. The zero-order valence-electron chi connectivity index (χ0n) is 9.84. The summed E-state index contributed by atoms with van der Waals surface area (Å²) in [7, 11) is -3.94. The summed E-state index contributed by atoms with van der Waals surface area (Å²) in [6, 6.07) is 4.34. The summed E-state index contributed by atoms with van der Waals surface area (Å²) < 4.78 is 38.7. The van der Waals surface area contributed by atoms with Gasteiger partial charge in [0.25, 0.3) is 0 Å². The van der Waals surface area contributed by atoms with E-state index in [0.29, 0.717) is 4.88 Å². The van der Waals surface area contributed by atoms with E-state index in [2.05, 4.69) is 15.9 Å². The Morgan fingerprint density at radius 1 is 1.35 bits per heavy atom. The summed E-state index contributed by atoms with van der Waals surface area (Å²) in [4.78, 5) is 10.8. The number of carbonyl (C=O) groups is 1. The van der Waals surface area contributed by atoms with Crippen molar-refractivity contribution >= 4 is 43.1 Å². The zero-order valence-corrected chi connectivity index (χ0v) is 13.1. The van der Waals surface area contributed by atoms with Crippen molar-refractivity contribution in [2.24, 2.45) is 0 Å². The van der Waals surface area contributed by atoms with Crippen molar-refractivity contribution in [1.29, 1.82) is 0 Å². The molecule has 0 radical (unpaired) electrons. The van der Waals surface area contributed by atoms with E-state index in [1.54, 1.807) is 11.4 Å². The average Bonchev–Trinajstić information content (AvgIpc) is 2.73. The third kappa shape index (κ3) is 3.25. The van der Waals surface area contributed by atoms with Gasteiger partial charge in [0.2, 0.25) is 0 Å². The summed E-state index contributed by atoms with van der Waals surface area (Å²) >= 11 is 4.43. The van der Waals surface area contributed by atoms with Crippen molar-refractivity contribution in [2.45, 2.75) is 10.6 Å². The minimum absolute atomic E-state index is 0.266. The van der Waals surface area contributed by atoms with Crippen LogP contribution in [0.25, 0.3) is 0 Å². The third-order valence-electron chi connectivity index (χ3n) is 2.47. The summed E-state index contributed by atoms with van der Waals surface area (Å²) in [5.74, 6) is -2.63. The molecule has 0 saturated heterocycles. The van der Waals surface area contributed by atoms with Gasteiger partial charge in [-0.3, -0.25) is 0 Å². The molecule has 0 aliphatic carbocycles. The molecule has 2 aromatic rings. The summed E-state index contributed by atoms with van der Waals surface area (Å²) in [6.45, 7) is 0. The maximum atomic E-state index is 13.7. The topological polar surface area (TPSA) is 71.4 Å². The molecule has 8 heteroatoms. The van der Waals surface area contributed by atoms with E-state index in [1.165, 1.54) is 11.3 Å². The third-order valence-corrected chi connectivity index (χ3v) is 6.02. The second kappa shape index (κ2) is 5.63. The largest absolute Gasteiger partial charge is 0.478 e. The minimum atomic E-state index is -3.94. The Kier molecular flexibility index (Phi) is 4.26. The monoisotopic (exact) mass is 378 g/mol. The minimum Gasteiger partial charge on any atom is -0.478 e. The number of carboxylic acid groups (broad SMARTS) is 1. The number of hydrogen-bond acceptors (Lipinski definition) is 4. The molecule has 0 amide bonds. The Hall–Kier alpha value is -1.25. The maximum absolute atomic E-state index is 13.7. The SMILES string of the molecule is O=C(O)c1ccc(F)c(S(=O)(=O)Cc2cc(Br)cs2)c1. The number of hydrogen-bond donors (Lipinski definition) is 1. The Morgan fingerprint density at radius 2 is 2.05 bits per heavy atom. The van der Waals surface area contributed by atoms with Crippen LogP contribution in [0.3, 0.4) is 0 Å². The molecule has 2 rings (SSSR count). The van der Waals surface area contributed by atoms with Gasteiger partial charge in [-0.15, -0.1) is 11.3 Å². The van der Waals surface area contributed by atoms with E-state index in [-0.39, 0.29) is 11.3 Å². The lowest BCUT2D eigenvalue weighted by Gasteiger charge is -2.05. The van der Waals surface area contributed by atoms with E-state index in [1.807, 2.05) is 0 Å². The summed E-state index contributed by atoms with van der Waals surface area (Å²) in [6.07, 6.45) is 0. The Balaban J connectivity index is 2.43. The number of carboxylic acids is 1. The van der Waals surface area contributed by atoms with Crippen molar-refractivity contribution in [1.82, 2.24) is 0 Å². The normalized spacial score (nSPS) is 11.5. The van der Waals surface area contributed by atoms with Gasteiger partial charge in [-0.2, -0.15) is 0 Å². The highest BCUT2D eigenvalue weighted by Crippen LogP contribution is 2.26. The smallest absolute Gasteiger partial charge is 0.335 e. The van der Waals surface area contributed by atoms with Gasteiger partial charge < -0.3 is 5.11 Å². The predicted octanol–water partition coefficient (Wildman–Crippen LogP) is 3.32. The standard InChI is InChI=1S/C12H8BrFO4S2/c13-8-4-9(19-5-8)6-20(17,18)11-3-7(12(15)16)1-2-10(11)14/h1-5H,6H2,(H,15,16). The molecule has 0 atom stereocenters. The summed E-state index contributed by atoms with van der Waals surface area (Å²) in [5, 5.41) is 10.6. The lowest BCUT2D eigenvalue weighted by Crippen LogP contribution is -2.08. The van der Waals surface area contributed by atoms with Crippen LogP contribution in [0.15, 0.2) is 39.0 Å². The molecule has 1 aromatic heterocycles. The first-order valence-electron chi connectivity index (χ1n) is 5.28. The van der Waals surface area contributed by atoms with Crippen LogP contribution in [0, 0.1) is 5.82 Å². The predicted molar refractivity (Wildman–Crippen MR) is 76.3 cm³/mol. The van der Waals surface area contributed by atoms with Crippen LogP contribution >= 0.6 is 27.3 Å². The molecule has 1 aromatic carbocycles. The van der Waals surface area contributed by atoms with Gasteiger partial charge in [0.15, 0.2) is 9.84 Å². The van der Waals surface area contributed by atoms with Crippen LogP contribution in [0.2, 0.25) is 0 Å². The van der Waals surface area contributed by atoms with Crippen molar-refractivity contribution in [2.75, 3.05) is 0 Å². The van der Waals surface area contributed by atoms with Crippen LogP contribution in [0.5, 0.6) is 0 Å². The van der Waals surface area contributed by atoms with Gasteiger partial charge >= 0.3 is 5.97 Å². The van der Waals surface area contributed by atoms with Crippen LogP contribution in [0.4, 0.5) is 4.39 Å². The first-order chi connectivity index (χ1) is 9.29. The molecule has 0 fully saturated rings. The van der Waals surface area contributed by atoms with Crippen molar-refractivity contribution in [3.8, 4) is 0 Å². The fourth-order valence-corrected chi connectivity index (χ4v) is 4.83. The van der Waals surface area contributed by atoms with Gasteiger partial charge in [-0.1, -0.05) is 0 Å². The molecule has 1 heterocycles. The fraction of sp³-hybridized carbons (Fsp3) is 0.0833. The number of sulfone groups is 1. The van der Waals surface area contributed by atoms with E-state index >= 15 is 0 Å². The lowest BCUT2D eigenvalue weighted by molar-refractivity contribution is 0.0696. The number of halogens is 2. The van der Waals surface area contributed by atoms with E-state index in [9.17, 15) is 17.6 Å². The van der Waals surface area contributed by atoms with Gasteiger partial charge in [-0.05, 0) is 40.2 Å². The quantitative estimate of drug-likeness (QED) is 0.885. The maximum Gasteiger partial charge on any atom is 0.335 e. The molecule has 0 unspecified atom stereocenters. The molecule has 0 aliphatic heterocycles. The number of benzene rings is 1.